The van der Waals surface area contributed by atoms with Crippen molar-refractivity contribution in [1.29, 1.82) is 0 Å². The van der Waals surface area contributed by atoms with Crippen molar-refractivity contribution >= 4 is 43.3 Å². The lowest BCUT2D eigenvalue weighted by Crippen LogP contribution is -2.36. The van der Waals surface area contributed by atoms with Gasteiger partial charge >= 0.3 is 25.8 Å². The maximum atomic E-state index is 12.7. The zero-order valence-corrected chi connectivity index (χ0v) is 39.2. The van der Waals surface area contributed by atoms with E-state index in [1.54, 1.807) is 0 Å². The quantitative estimate of drug-likeness (QED) is 0.0127. The van der Waals surface area contributed by atoms with Crippen LogP contribution in [0.25, 0.3) is 0 Å². The second-order valence-corrected chi connectivity index (χ2v) is 19.5. The van der Waals surface area contributed by atoms with Crippen LogP contribution < -0.4 is 22.1 Å². The van der Waals surface area contributed by atoms with Crippen molar-refractivity contribution in [3.8, 4) is 0 Å². The fourth-order valence-electron chi connectivity index (χ4n) is 7.67. The van der Waals surface area contributed by atoms with Crippen LogP contribution in [0.4, 0.5) is 4.79 Å². The van der Waals surface area contributed by atoms with Crippen LogP contribution >= 0.6 is 19.6 Å². The number of esters is 2. The molecule has 2 fully saturated rings. The molecule has 0 saturated carbocycles. The van der Waals surface area contributed by atoms with E-state index in [4.69, 9.17) is 30.0 Å². The molecule has 16 heteroatoms. The summed E-state index contributed by atoms with van der Waals surface area (Å²) in [4.78, 5) is 59.1. The number of ether oxygens (including phenoxy) is 2. The fraction of sp³-hybridized carbons (Fsp3) is 0.867. The highest BCUT2D eigenvalue weighted by atomic mass is 32.2. The van der Waals surface area contributed by atoms with Crippen LogP contribution in [0.2, 0.25) is 0 Å². The Morgan fingerprint density at radius 2 is 1.34 bits per heavy atom. The van der Waals surface area contributed by atoms with Crippen molar-refractivity contribution in [2.45, 2.75) is 216 Å². The molecule has 0 aromatic heterocycles. The van der Waals surface area contributed by atoms with Gasteiger partial charge in [0.25, 0.3) is 0 Å². The third-order valence-corrected chi connectivity index (χ3v) is 13.8. The number of thioether (sulfide) groups is 1. The number of fused-ring (bicyclic) bond motifs is 1. The Morgan fingerprint density at radius 1 is 0.770 bits per heavy atom. The first-order valence-corrected chi connectivity index (χ1v) is 26.4. The van der Waals surface area contributed by atoms with E-state index in [9.17, 15) is 28.6 Å². The van der Waals surface area contributed by atoms with E-state index < -0.39 is 38.5 Å². The van der Waals surface area contributed by atoms with Crippen molar-refractivity contribution in [3.63, 3.8) is 0 Å². The SMILES string of the molecule is CCCCCCCC/C=C\CCCCCCCC(=O)OC[C@H](COP(=O)(O)OCCN)OC(=O)CCCCCCCCCCC(N)C(=O)CCCC[C@@H]1SC[C@@H]2NC(=O)N[C@@H]21. The van der Waals surface area contributed by atoms with Gasteiger partial charge in [-0.15, -0.1) is 0 Å². The van der Waals surface area contributed by atoms with Gasteiger partial charge in [0.05, 0.1) is 31.3 Å². The van der Waals surface area contributed by atoms with E-state index in [1.807, 2.05) is 11.8 Å². The average molecular weight is 903 g/mol. The predicted octanol–water partition coefficient (Wildman–Crippen LogP) is 9.09. The summed E-state index contributed by atoms with van der Waals surface area (Å²) in [5.74, 6) is 0.173. The number of hydrogen-bond acceptors (Lipinski definition) is 12. The van der Waals surface area contributed by atoms with Crippen LogP contribution in [0.3, 0.4) is 0 Å². The molecule has 0 bridgehead atoms. The molecule has 2 aliphatic heterocycles. The molecular weight excluding hydrogens is 820 g/mol. The molecule has 2 heterocycles. The highest BCUT2D eigenvalue weighted by Gasteiger charge is 2.42. The summed E-state index contributed by atoms with van der Waals surface area (Å²) in [7, 11) is -4.42. The highest BCUT2D eigenvalue weighted by Crippen LogP contribution is 2.43. The van der Waals surface area contributed by atoms with Gasteiger partial charge in [0.2, 0.25) is 0 Å². The molecule has 0 radical (unpaired) electrons. The number of carbonyl (C=O) groups is 4. The molecule has 2 saturated heterocycles. The standard InChI is InChI=1S/C45H83N4O10PS/c1-2-3-4-5-6-7-8-9-10-11-12-13-17-20-23-30-42(51)56-34-37(35-58-60(54,55)57-33-32-46)59-43(52)31-24-21-18-15-14-16-19-22-27-38(47)40(50)28-25-26-29-41-44-39(36-61-41)48-45(53)49-44/h9-10,37-39,41,44H,2-8,11-36,46-47H2,1H3,(H,54,55)(H2,48,49,53)/b10-9-/t37-,38?,39+,41+,44+/m1/s1. The third-order valence-electron chi connectivity index (χ3n) is 11.3. The topological polar surface area (TPSA) is 219 Å². The number of carbonyl (C=O) groups excluding carboxylic acids is 4. The van der Waals surface area contributed by atoms with E-state index in [0.717, 1.165) is 102 Å². The van der Waals surface area contributed by atoms with Crippen LogP contribution in [0.5, 0.6) is 0 Å². The zero-order valence-electron chi connectivity index (χ0n) is 37.5. The number of phosphoric acid groups is 1. The largest absolute Gasteiger partial charge is 0.472 e. The maximum absolute atomic E-state index is 12.7. The minimum absolute atomic E-state index is 0.0303. The Kier molecular flexibility index (Phi) is 32.0. The van der Waals surface area contributed by atoms with E-state index in [0.29, 0.717) is 30.9 Å². The first-order chi connectivity index (χ1) is 29.5. The third kappa shape index (κ3) is 28.4. The molecule has 7 N–H and O–H groups in total. The summed E-state index contributed by atoms with van der Waals surface area (Å²) in [6.45, 7) is 1.34. The van der Waals surface area contributed by atoms with Gasteiger partial charge in [0.1, 0.15) is 12.4 Å². The number of rotatable bonds is 41. The van der Waals surface area contributed by atoms with Gasteiger partial charge in [0.15, 0.2) is 6.10 Å². The summed E-state index contributed by atoms with van der Waals surface area (Å²) >= 11 is 1.90. The normalized spacial score (nSPS) is 19.3. The number of ketones is 1. The minimum Gasteiger partial charge on any atom is -0.462 e. The maximum Gasteiger partial charge on any atom is 0.472 e. The first kappa shape index (κ1) is 55.1. The smallest absolute Gasteiger partial charge is 0.462 e. The molecule has 2 unspecified atom stereocenters. The Balaban J connectivity index is 1.50. The van der Waals surface area contributed by atoms with Crippen LogP contribution in [0.1, 0.15) is 187 Å². The fourth-order valence-corrected chi connectivity index (χ4v) is 9.98. The van der Waals surface area contributed by atoms with Gasteiger partial charge < -0.3 is 36.5 Å². The lowest BCUT2D eigenvalue weighted by Gasteiger charge is -2.19. The second-order valence-electron chi connectivity index (χ2n) is 16.8. The molecule has 6 atom stereocenters. The van der Waals surface area contributed by atoms with Crippen molar-refractivity contribution in [3.05, 3.63) is 12.2 Å². The average Bonchev–Trinajstić information content (AvgIpc) is 3.80. The Labute approximate surface area is 371 Å². The number of amides is 2. The van der Waals surface area contributed by atoms with Crippen molar-refractivity contribution in [2.24, 2.45) is 11.5 Å². The van der Waals surface area contributed by atoms with Crippen LogP contribution in [0.15, 0.2) is 12.2 Å². The monoisotopic (exact) mass is 903 g/mol. The predicted molar refractivity (Wildman–Crippen MR) is 244 cm³/mol. The van der Waals surface area contributed by atoms with E-state index in [2.05, 4.69) is 29.7 Å². The van der Waals surface area contributed by atoms with Gasteiger partial charge in [-0.1, -0.05) is 122 Å². The van der Waals surface area contributed by atoms with E-state index in [-0.39, 0.29) is 56.5 Å². The number of allylic oxidation sites excluding steroid dienone is 2. The number of nitrogens with two attached hydrogens (primary N) is 2. The first-order valence-electron chi connectivity index (χ1n) is 23.8. The lowest BCUT2D eigenvalue weighted by atomic mass is 9.98. The number of hydrogen-bond donors (Lipinski definition) is 5. The van der Waals surface area contributed by atoms with Gasteiger partial charge in [-0.25, -0.2) is 9.36 Å². The summed E-state index contributed by atoms with van der Waals surface area (Å²) in [5.41, 5.74) is 11.5. The lowest BCUT2D eigenvalue weighted by molar-refractivity contribution is -0.161. The Bertz CT molecular complexity index is 1280. The van der Waals surface area contributed by atoms with Crippen molar-refractivity contribution in [2.75, 3.05) is 32.1 Å². The second kappa shape index (κ2) is 35.4. The summed E-state index contributed by atoms with van der Waals surface area (Å²) in [5, 5.41) is 6.39. The summed E-state index contributed by atoms with van der Waals surface area (Å²) in [6.07, 6.45) is 30.7. The molecule has 61 heavy (non-hydrogen) atoms. The highest BCUT2D eigenvalue weighted by molar-refractivity contribution is 8.00. The molecule has 354 valence electrons. The molecule has 0 aromatic rings. The van der Waals surface area contributed by atoms with Crippen LogP contribution in [-0.2, 0) is 37.5 Å². The van der Waals surface area contributed by atoms with Gasteiger partial charge in [-0.3, -0.25) is 23.4 Å². The molecule has 2 aliphatic rings. The zero-order chi connectivity index (χ0) is 44.4. The van der Waals surface area contributed by atoms with Gasteiger partial charge in [0, 0.05) is 36.8 Å². The number of unbranched alkanes of at least 4 members (excludes halogenated alkanes) is 19. The molecular formula is C45H83N4O10PS. The summed E-state index contributed by atoms with van der Waals surface area (Å²) in [6, 6.07) is -0.0441. The van der Waals surface area contributed by atoms with Crippen molar-refractivity contribution in [1.82, 2.24) is 10.6 Å². The van der Waals surface area contributed by atoms with E-state index in [1.165, 1.54) is 44.9 Å². The van der Waals surface area contributed by atoms with Crippen molar-refractivity contribution < 1.29 is 47.2 Å². The molecule has 2 rings (SSSR count). The van der Waals surface area contributed by atoms with Gasteiger partial charge in [-0.2, -0.15) is 11.8 Å². The molecule has 2 amide bonds. The Hall–Kier alpha value is -2.00. The number of urea groups is 1. The number of nitrogens with one attached hydrogen (secondary N) is 2. The summed E-state index contributed by atoms with van der Waals surface area (Å²) < 4.78 is 32.8. The van der Waals surface area contributed by atoms with Crippen LogP contribution in [0, 0.1) is 0 Å². The molecule has 0 spiro atoms. The molecule has 14 nitrogen and oxygen atoms in total. The molecule has 0 aliphatic carbocycles. The number of Topliss-reactive ketones (excluding diaryl/α,β-unsaturated/α-hetero) is 1. The van der Waals surface area contributed by atoms with Gasteiger partial charge in [-0.05, 0) is 57.8 Å². The minimum atomic E-state index is -4.42. The number of phosphoric ester groups is 1. The Morgan fingerprint density at radius 3 is 1.98 bits per heavy atom. The van der Waals surface area contributed by atoms with E-state index >= 15 is 0 Å². The van der Waals surface area contributed by atoms with Crippen LogP contribution in [-0.4, -0.2) is 90.2 Å². The molecule has 0 aromatic carbocycles.